The summed E-state index contributed by atoms with van der Waals surface area (Å²) in [6, 6.07) is 9.71. The standard InChI is InChI=1S/C16H15F3N2/c17-16(18,19)13-7-3-10-21-15(13)12-6-2-1-5-11(12)14-8-4-9-20-14/h1-3,5-7,10,14,20H,4,8-9H2/t14-/m0/s1. The third-order valence-electron chi connectivity index (χ3n) is 3.76. The minimum absolute atomic E-state index is 0.00861. The SMILES string of the molecule is FC(F)(F)c1cccnc1-c1ccccc1[C@@H]1CCCN1. The minimum atomic E-state index is -4.40. The first-order chi connectivity index (χ1) is 10.1. The van der Waals surface area contributed by atoms with Crippen LogP contribution in [-0.4, -0.2) is 11.5 Å². The first-order valence-corrected chi connectivity index (χ1v) is 6.92. The average molecular weight is 292 g/mol. The molecule has 0 aliphatic carbocycles. The van der Waals surface area contributed by atoms with Gasteiger partial charge in [-0.3, -0.25) is 4.98 Å². The first kappa shape index (κ1) is 14.1. The van der Waals surface area contributed by atoms with Crippen molar-refractivity contribution in [2.45, 2.75) is 25.1 Å². The van der Waals surface area contributed by atoms with E-state index in [4.69, 9.17) is 0 Å². The van der Waals surface area contributed by atoms with Crippen molar-refractivity contribution in [1.29, 1.82) is 0 Å². The molecule has 0 amide bonds. The fourth-order valence-electron chi connectivity index (χ4n) is 2.82. The molecule has 0 unspecified atom stereocenters. The third-order valence-corrected chi connectivity index (χ3v) is 3.76. The van der Waals surface area contributed by atoms with Gasteiger partial charge in [0.2, 0.25) is 0 Å². The van der Waals surface area contributed by atoms with E-state index < -0.39 is 11.7 Å². The summed E-state index contributed by atoms with van der Waals surface area (Å²) in [7, 11) is 0. The summed E-state index contributed by atoms with van der Waals surface area (Å²) in [5.41, 5.74) is 0.772. The van der Waals surface area contributed by atoms with Gasteiger partial charge in [-0.1, -0.05) is 24.3 Å². The van der Waals surface area contributed by atoms with Crippen LogP contribution in [0.2, 0.25) is 0 Å². The van der Waals surface area contributed by atoms with Crippen molar-refractivity contribution in [1.82, 2.24) is 10.3 Å². The smallest absolute Gasteiger partial charge is 0.310 e. The summed E-state index contributed by atoms with van der Waals surface area (Å²) >= 11 is 0. The Hall–Kier alpha value is -1.88. The summed E-state index contributed by atoms with van der Waals surface area (Å²) in [6.07, 6.45) is -1.03. The zero-order valence-electron chi connectivity index (χ0n) is 11.3. The quantitative estimate of drug-likeness (QED) is 0.897. The van der Waals surface area contributed by atoms with Crippen molar-refractivity contribution >= 4 is 0 Å². The number of nitrogens with zero attached hydrogens (tertiary/aromatic N) is 1. The number of benzene rings is 1. The normalized spacial score (nSPS) is 18.9. The average Bonchev–Trinajstić information content (AvgIpc) is 3.00. The Morgan fingerprint density at radius 3 is 2.62 bits per heavy atom. The van der Waals surface area contributed by atoms with Crippen molar-refractivity contribution in [3.8, 4) is 11.3 Å². The van der Waals surface area contributed by atoms with Crippen LogP contribution >= 0.6 is 0 Å². The molecule has 2 aromatic rings. The number of halogens is 3. The van der Waals surface area contributed by atoms with Crippen LogP contribution < -0.4 is 5.32 Å². The second-order valence-corrected chi connectivity index (χ2v) is 5.13. The van der Waals surface area contributed by atoms with E-state index in [1.807, 2.05) is 12.1 Å². The van der Waals surface area contributed by atoms with E-state index in [2.05, 4.69) is 10.3 Å². The van der Waals surface area contributed by atoms with Gasteiger partial charge >= 0.3 is 6.18 Å². The molecule has 1 aromatic carbocycles. The molecule has 0 saturated carbocycles. The Labute approximate surface area is 121 Å². The fraction of sp³-hybridized carbons (Fsp3) is 0.312. The van der Waals surface area contributed by atoms with Gasteiger partial charge in [0.1, 0.15) is 0 Å². The van der Waals surface area contributed by atoms with Crippen molar-refractivity contribution in [3.63, 3.8) is 0 Å². The topological polar surface area (TPSA) is 24.9 Å². The second kappa shape index (κ2) is 5.48. The molecule has 2 heterocycles. The fourth-order valence-corrected chi connectivity index (χ4v) is 2.82. The summed E-state index contributed by atoms with van der Waals surface area (Å²) < 4.78 is 39.6. The molecule has 0 bridgehead atoms. The highest BCUT2D eigenvalue weighted by Crippen LogP contribution is 2.39. The molecule has 110 valence electrons. The van der Waals surface area contributed by atoms with E-state index in [0.29, 0.717) is 5.56 Å². The summed E-state index contributed by atoms with van der Waals surface area (Å²) in [5, 5.41) is 3.33. The van der Waals surface area contributed by atoms with Gasteiger partial charge in [-0.05, 0) is 37.1 Å². The highest BCUT2D eigenvalue weighted by atomic mass is 19.4. The highest BCUT2D eigenvalue weighted by molar-refractivity contribution is 5.68. The van der Waals surface area contributed by atoms with E-state index in [1.54, 1.807) is 12.1 Å². The van der Waals surface area contributed by atoms with E-state index in [-0.39, 0.29) is 11.7 Å². The Kier molecular flexibility index (Phi) is 3.68. The van der Waals surface area contributed by atoms with Crippen molar-refractivity contribution in [2.75, 3.05) is 6.54 Å². The van der Waals surface area contributed by atoms with Crippen LogP contribution in [0.25, 0.3) is 11.3 Å². The molecule has 3 rings (SSSR count). The number of aromatic nitrogens is 1. The zero-order valence-corrected chi connectivity index (χ0v) is 11.3. The van der Waals surface area contributed by atoms with Gasteiger partial charge in [-0.15, -0.1) is 0 Å². The zero-order chi connectivity index (χ0) is 14.9. The van der Waals surface area contributed by atoms with Crippen molar-refractivity contribution in [3.05, 3.63) is 53.7 Å². The molecule has 1 N–H and O–H groups in total. The van der Waals surface area contributed by atoms with Crippen LogP contribution in [0.4, 0.5) is 13.2 Å². The molecular formula is C16H15F3N2. The van der Waals surface area contributed by atoms with E-state index >= 15 is 0 Å². The molecular weight excluding hydrogens is 277 g/mol. The summed E-state index contributed by atoms with van der Waals surface area (Å²) in [4.78, 5) is 4.00. The predicted molar refractivity (Wildman–Crippen MR) is 74.7 cm³/mol. The van der Waals surface area contributed by atoms with Crippen molar-refractivity contribution in [2.24, 2.45) is 0 Å². The van der Waals surface area contributed by atoms with Crippen molar-refractivity contribution < 1.29 is 13.2 Å². The summed E-state index contributed by atoms with van der Waals surface area (Å²) in [6.45, 7) is 0.896. The van der Waals surface area contributed by atoms with Crippen LogP contribution in [0.3, 0.4) is 0 Å². The van der Waals surface area contributed by atoms with E-state index in [0.717, 1.165) is 31.0 Å². The van der Waals surface area contributed by atoms with Gasteiger partial charge in [0.05, 0.1) is 11.3 Å². The molecule has 1 aliphatic rings. The van der Waals surface area contributed by atoms with Crippen LogP contribution in [-0.2, 0) is 6.18 Å². The molecule has 1 atom stereocenters. The molecule has 1 saturated heterocycles. The molecule has 1 aliphatic heterocycles. The Morgan fingerprint density at radius 1 is 1.10 bits per heavy atom. The van der Waals surface area contributed by atoms with Crippen LogP contribution in [0.1, 0.15) is 30.0 Å². The lowest BCUT2D eigenvalue weighted by Gasteiger charge is -2.18. The van der Waals surface area contributed by atoms with Gasteiger partial charge in [0, 0.05) is 17.8 Å². The van der Waals surface area contributed by atoms with Crippen LogP contribution in [0, 0.1) is 0 Å². The lowest BCUT2D eigenvalue weighted by molar-refractivity contribution is -0.137. The number of nitrogens with one attached hydrogen (secondary N) is 1. The number of alkyl halides is 3. The van der Waals surface area contributed by atoms with Gasteiger partial charge in [-0.25, -0.2) is 0 Å². The van der Waals surface area contributed by atoms with Gasteiger partial charge in [-0.2, -0.15) is 13.2 Å². The maximum atomic E-state index is 13.2. The van der Waals surface area contributed by atoms with Gasteiger partial charge in [0.25, 0.3) is 0 Å². The van der Waals surface area contributed by atoms with Crippen LogP contribution in [0.5, 0.6) is 0 Å². The van der Waals surface area contributed by atoms with E-state index in [1.165, 1.54) is 12.3 Å². The lowest BCUT2D eigenvalue weighted by Crippen LogP contribution is -2.15. The third kappa shape index (κ3) is 2.78. The molecule has 1 aromatic heterocycles. The second-order valence-electron chi connectivity index (χ2n) is 5.13. The Balaban J connectivity index is 2.13. The molecule has 0 spiro atoms. The maximum Gasteiger partial charge on any atom is 0.418 e. The molecule has 1 fully saturated rings. The molecule has 0 radical (unpaired) electrons. The number of hydrogen-bond donors (Lipinski definition) is 1. The monoisotopic (exact) mass is 292 g/mol. The molecule has 21 heavy (non-hydrogen) atoms. The highest BCUT2D eigenvalue weighted by Gasteiger charge is 2.35. The number of pyridine rings is 1. The lowest BCUT2D eigenvalue weighted by atomic mass is 9.94. The van der Waals surface area contributed by atoms with Crippen LogP contribution in [0.15, 0.2) is 42.6 Å². The Bertz CT molecular complexity index is 631. The van der Waals surface area contributed by atoms with E-state index in [9.17, 15) is 13.2 Å². The molecule has 5 heteroatoms. The molecule has 2 nitrogen and oxygen atoms in total. The number of hydrogen-bond acceptors (Lipinski definition) is 2. The Morgan fingerprint density at radius 2 is 1.90 bits per heavy atom. The number of rotatable bonds is 2. The predicted octanol–water partition coefficient (Wildman–Crippen LogP) is 4.19. The van der Waals surface area contributed by atoms with Gasteiger partial charge in [0.15, 0.2) is 0 Å². The minimum Gasteiger partial charge on any atom is -0.310 e. The largest absolute Gasteiger partial charge is 0.418 e. The van der Waals surface area contributed by atoms with Gasteiger partial charge < -0.3 is 5.32 Å². The maximum absolute atomic E-state index is 13.2. The first-order valence-electron chi connectivity index (χ1n) is 6.92. The summed E-state index contributed by atoms with van der Waals surface area (Å²) in [5.74, 6) is 0.